The van der Waals surface area contributed by atoms with Crippen molar-refractivity contribution in [3.8, 4) is 0 Å². The number of ether oxygens (including phenoxy) is 2. The number of rotatable bonds is 20. The van der Waals surface area contributed by atoms with Crippen LogP contribution >= 0.6 is 0 Å². The van der Waals surface area contributed by atoms with Crippen molar-refractivity contribution in [3.05, 3.63) is 35.9 Å². The maximum Gasteiger partial charge on any atom is 0.242 e. The second-order valence-corrected chi connectivity index (χ2v) is 14.3. The first-order chi connectivity index (χ1) is 23.2. The number of likely N-dealkylation sites (tertiary alicyclic amines) is 1. The Bertz CT molecular complexity index is 1170. The molecule has 2 rings (SSSR count). The Morgan fingerprint density at radius 1 is 0.939 bits per heavy atom. The summed E-state index contributed by atoms with van der Waals surface area (Å²) in [6.07, 6.45) is 2.89. The van der Waals surface area contributed by atoms with Crippen LogP contribution in [0.2, 0.25) is 0 Å². The molecule has 4 amide bonds. The molecule has 11 heteroatoms. The number of likely N-dealkylation sites (N-methyl/N-ethyl adjacent to an activating group) is 2. The monoisotopic (exact) mass is 687 g/mol. The molecule has 1 saturated heterocycles. The second-order valence-electron chi connectivity index (χ2n) is 14.3. The lowest BCUT2D eigenvalue weighted by molar-refractivity contribution is -0.146. The fourth-order valence-corrected chi connectivity index (χ4v) is 7.38. The predicted molar refractivity (Wildman–Crippen MR) is 194 cm³/mol. The highest BCUT2D eigenvalue weighted by Gasteiger charge is 2.42. The Morgan fingerprint density at radius 3 is 2.12 bits per heavy atom. The predicted octanol–water partition coefficient (Wildman–Crippen LogP) is 3.75. The Morgan fingerprint density at radius 2 is 1.59 bits per heavy atom. The standard InChI is InChI=1S/C38H65N5O6/c1-12-26(5)35(42(9)33(45)24-39-38(47)34(25(3)4)41(7)8)31(48-10)23-32(44)43-21-17-20-30(43)36(49-11)27(6)37(46)40-29(13-2)22-28-18-15-14-16-19-28/h14-16,18-19,25-27,29-31,34-36H,12-13,17,20-24H2,1-11H3,(H,39,47)(H,40,46). The van der Waals surface area contributed by atoms with Gasteiger partial charge in [0.25, 0.3) is 0 Å². The first-order valence-electron chi connectivity index (χ1n) is 18.1. The van der Waals surface area contributed by atoms with Crippen molar-refractivity contribution in [2.24, 2.45) is 17.8 Å². The molecule has 8 atom stereocenters. The summed E-state index contributed by atoms with van der Waals surface area (Å²) in [4.78, 5) is 59.2. The SMILES string of the molecule is CCC(Cc1ccccc1)NC(=O)C(C)C(OC)C1CCCN1C(=O)CC(OC)C(C(C)CC)N(C)C(=O)CNC(=O)C(C(C)C)N(C)C. The molecule has 1 heterocycles. The van der Waals surface area contributed by atoms with Crippen LogP contribution in [0.25, 0.3) is 0 Å². The smallest absolute Gasteiger partial charge is 0.242 e. The van der Waals surface area contributed by atoms with E-state index >= 15 is 0 Å². The molecular formula is C38H65N5O6. The molecule has 0 bridgehead atoms. The van der Waals surface area contributed by atoms with Gasteiger partial charge in [-0.15, -0.1) is 0 Å². The van der Waals surface area contributed by atoms with Crippen LogP contribution in [0.3, 0.4) is 0 Å². The van der Waals surface area contributed by atoms with Crippen molar-refractivity contribution in [2.75, 3.05) is 48.5 Å². The fraction of sp³-hybridized carbons (Fsp3) is 0.737. The molecule has 0 spiro atoms. The molecule has 8 unspecified atom stereocenters. The van der Waals surface area contributed by atoms with Crippen LogP contribution in [0.5, 0.6) is 0 Å². The minimum absolute atomic E-state index is 0.00578. The van der Waals surface area contributed by atoms with E-state index in [2.05, 4.69) is 29.7 Å². The molecule has 0 radical (unpaired) electrons. The van der Waals surface area contributed by atoms with E-state index in [0.717, 1.165) is 32.1 Å². The van der Waals surface area contributed by atoms with Crippen LogP contribution in [-0.4, -0.2) is 123 Å². The van der Waals surface area contributed by atoms with E-state index in [9.17, 15) is 19.2 Å². The van der Waals surface area contributed by atoms with Crippen molar-refractivity contribution < 1.29 is 28.7 Å². The molecule has 11 nitrogen and oxygen atoms in total. The molecule has 49 heavy (non-hydrogen) atoms. The Labute approximate surface area is 295 Å². The average molecular weight is 688 g/mol. The molecule has 1 fully saturated rings. The van der Waals surface area contributed by atoms with Crippen LogP contribution in [0, 0.1) is 17.8 Å². The highest BCUT2D eigenvalue weighted by Crippen LogP contribution is 2.29. The third kappa shape index (κ3) is 11.8. The summed E-state index contributed by atoms with van der Waals surface area (Å²) in [5.41, 5.74) is 1.17. The summed E-state index contributed by atoms with van der Waals surface area (Å²) < 4.78 is 11.9. The Kier molecular flexibility index (Phi) is 17.7. The molecule has 0 saturated carbocycles. The number of hydrogen-bond donors (Lipinski definition) is 2. The van der Waals surface area contributed by atoms with Gasteiger partial charge in [0.05, 0.1) is 49.2 Å². The third-order valence-corrected chi connectivity index (χ3v) is 10.3. The zero-order chi connectivity index (χ0) is 36.8. The van der Waals surface area contributed by atoms with E-state index in [0.29, 0.717) is 6.54 Å². The summed E-state index contributed by atoms with van der Waals surface area (Å²) in [7, 11) is 8.59. The normalized spacial score (nSPS) is 19.1. The van der Waals surface area contributed by atoms with Gasteiger partial charge in [-0.25, -0.2) is 0 Å². The maximum absolute atomic E-state index is 14.0. The molecule has 2 N–H and O–H groups in total. The van der Waals surface area contributed by atoms with E-state index in [1.807, 2.05) is 76.7 Å². The number of nitrogens with one attached hydrogen (secondary N) is 2. The van der Waals surface area contributed by atoms with Gasteiger partial charge < -0.3 is 29.9 Å². The number of carbonyl (C=O) groups excluding carboxylic acids is 4. The van der Waals surface area contributed by atoms with Crippen molar-refractivity contribution >= 4 is 23.6 Å². The maximum atomic E-state index is 14.0. The number of amides is 4. The van der Waals surface area contributed by atoms with Gasteiger partial charge in [0.2, 0.25) is 23.6 Å². The molecule has 0 aromatic heterocycles. The Hall–Kier alpha value is -3.02. The number of benzene rings is 1. The lowest BCUT2D eigenvalue weighted by Gasteiger charge is -2.39. The van der Waals surface area contributed by atoms with Gasteiger partial charge in [-0.1, -0.05) is 78.3 Å². The minimum atomic E-state index is -0.566. The van der Waals surface area contributed by atoms with Gasteiger partial charge in [0.15, 0.2) is 0 Å². The van der Waals surface area contributed by atoms with E-state index in [1.165, 1.54) is 5.56 Å². The van der Waals surface area contributed by atoms with Crippen LogP contribution in [0.4, 0.5) is 0 Å². The lowest BCUT2D eigenvalue weighted by Crippen LogP contribution is -2.55. The lowest BCUT2D eigenvalue weighted by atomic mass is 9.90. The highest BCUT2D eigenvalue weighted by molar-refractivity contribution is 5.87. The molecule has 1 aromatic carbocycles. The summed E-state index contributed by atoms with van der Waals surface area (Å²) in [5.74, 6) is -0.980. The zero-order valence-electron chi connectivity index (χ0n) is 32.0. The molecule has 1 aliphatic rings. The number of hydrogen-bond acceptors (Lipinski definition) is 7. The topological polar surface area (TPSA) is 121 Å². The van der Waals surface area contributed by atoms with Gasteiger partial charge in [0, 0.05) is 33.9 Å². The van der Waals surface area contributed by atoms with Gasteiger partial charge in [-0.3, -0.25) is 24.1 Å². The number of nitrogens with zero attached hydrogens (tertiary/aromatic N) is 3. The van der Waals surface area contributed by atoms with E-state index in [4.69, 9.17) is 9.47 Å². The van der Waals surface area contributed by atoms with Gasteiger partial charge in [-0.2, -0.15) is 0 Å². The van der Waals surface area contributed by atoms with E-state index in [1.54, 1.807) is 26.2 Å². The first-order valence-corrected chi connectivity index (χ1v) is 18.1. The molecule has 1 aliphatic heterocycles. The van der Waals surface area contributed by atoms with Crippen molar-refractivity contribution in [1.29, 1.82) is 0 Å². The summed E-state index contributed by atoms with van der Waals surface area (Å²) in [5, 5.41) is 6.04. The van der Waals surface area contributed by atoms with Crippen molar-refractivity contribution in [1.82, 2.24) is 25.3 Å². The Balaban J connectivity index is 2.15. The number of methoxy groups -OCH3 is 2. The fourth-order valence-electron chi connectivity index (χ4n) is 7.38. The first kappa shape index (κ1) is 42.1. The molecule has 278 valence electrons. The van der Waals surface area contributed by atoms with Crippen LogP contribution in [-0.2, 0) is 35.1 Å². The molecule has 0 aliphatic carbocycles. The minimum Gasteiger partial charge on any atom is -0.379 e. The van der Waals surface area contributed by atoms with E-state index < -0.39 is 24.2 Å². The second kappa shape index (κ2) is 20.6. The third-order valence-electron chi connectivity index (χ3n) is 10.3. The van der Waals surface area contributed by atoms with Crippen molar-refractivity contribution in [2.45, 2.75) is 116 Å². The van der Waals surface area contributed by atoms with Crippen LogP contribution < -0.4 is 10.6 Å². The summed E-state index contributed by atoms with van der Waals surface area (Å²) >= 11 is 0. The summed E-state index contributed by atoms with van der Waals surface area (Å²) in [6.45, 7) is 12.4. The quantitative estimate of drug-likeness (QED) is 0.214. The highest BCUT2D eigenvalue weighted by atomic mass is 16.5. The van der Waals surface area contributed by atoms with Crippen LogP contribution in [0.15, 0.2) is 30.3 Å². The summed E-state index contributed by atoms with van der Waals surface area (Å²) in [6, 6.07) is 9.12. The largest absolute Gasteiger partial charge is 0.379 e. The zero-order valence-corrected chi connectivity index (χ0v) is 32.0. The van der Waals surface area contributed by atoms with Gasteiger partial charge >= 0.3 is 0 Å². The van der Waals surface area contributed by atoms with Crippen molar-refractivity contribution in [3.63, 3.8) is 0 Å². The molecular weight excluding hydrogens is 622 g/mol. The molecule has 1 aromatic rings. The van der Waals surface area contributed by atoms with Crippen LogP contribution in [0.1, 0.15) is 79.2 Å². The average Bonchev–Trinajstić information content (AvgIpc) is 3.56. The van der Waals surface area contributed by atoms with Gasteiger partial charge in [0.1, 0.15) is 0 Å². The van der Waals surface area contributed by atoms with E-state index in [-0.39, 0.29) is 66.6 Å². The van der Waals surface area contributed by atoms with Gasteiger partial charge in [-0.05, 0) is 57.2 Å². The number of carbonyl (C=O) groups is 4.